The van der Waals surface area contributed by atoms with Gasteiger partial charge in [-0.2, -0.15) is 0 Å². The molecule has 1 N–H and O–H groups in total. The number of hydrogen-bond donors (Lipinski definition) is 1. The van der Waals surface area contributed by atoms with Gasteiger partial charge in [-0.25, -0.2) is 0 Å². The highest BCUT2D eigenvalue weighted by molar-refractivity contribution is 6.03. The molecular formula is C15H18F3NO2. The normalized spacial score (nSPS) is 22.9. The van der Waals surface area contributed by atoms with Crippen molar-refractivity contribution in [1.29, 1.82) is 0 Å². The number of halogens is 3. The number of ether oxygens (including phenoxy) is 1. The maximum atomic E-state index is 12.8. The molecule has 1 unspecified atom stereocenters. The molecule has 1 heterocycles. The van der Waals surface area contributed by atoms with Gasteiger partial charge in [-0.05, 0) is 37.9 Å². The van der Waals surface area contributed by atoms with E-state index in [4.69, 9.17) is 0 Å². The second-order valence-corrected chi connectivity index (χ2v) is 5.29. The minimum atomic E-state index is -4.80. The van der Waals surface area contributed by atoms with Crippen LogP contribution in [0.5, 0.6) is 5.75 Å². The third kappa shape index (κ3) is 3.56. The van der Waals surface area contributed by atoms with Crippen molar-refractivity contribution in [1.82, 2.24) is 5.32 Å². The maximum absolute atomic E-state index is 12.8. The highest BCUT2D eigenvalue weighted by Crippen LogP contribution is 2.37. The van der Waals surface area contributed by atoms with Crippen LogP contribution >= 0.6 is 0 Å². The second-order valence-electron chi connectivity index (χ2n) is 5.29. The number of carbonyl (C=O) groups excluding carboxylic acids is 1. The summed E-state index contributed by atoms with van der Waals surface area (Å²) in [5, 5.41) is 3.16. The summed E-state index contributed by atoms with van der Waals surface area (Å²) in [6, 6.07) is 5.56. The van der Waals surface area contributed by atoms with Crippen LogP contribution in [0.3, 0.4) is 0 Å². The molecule has 0 aliphatic carbocycles. The van der Waals surface area contributed by atoms with Gasteiger partial charge in [0.15, 0.2) is 5.78 Å². The highest BCUT2D eigenvalue weighted by Gasteiger charge is 2.40. The third-order valence-electron chi connectivity index (χ3n) is 3.99. The van der Waals surface area contributed by atoms with Crippen molar-refractivity contribution < 1.29 is 22.7 Å². The minimum absolute atomic E-state index is 0.000347. The van der Waals surface area contributed by atoms with Gasteiger partial charge in [0.05, 0.1) is 5.56 Å². The van der Waals surface area contributed by atoms with Gasteiger partial charge < -0.3 is 10.1 Å². The zero-order chi connectivity index (χ0) is 15.5. The molecule has 1 aliphatic heterocycles. The molecule has 1 aliphatic rings. The molecule has 0 bridgehead atoms. The standard InChI is InChI=1S/C15H18F3NO2/c1-2-14(8-5-9-19-10-14)13(20)11-6-3-4-7-12(11)21-15(16,17)18/h3-4,6-7,19H,2,5,8-10H2,1H3. The van der Waals surface area contributed by atoms with Crippen molar-refractivity contribution in [2.45, 2.75) is 32.5 Å². The summed E-state index contributed by atoms with van der Waals surface area (Å²) in [5.41, 5.74) is -0.649. The summed E-state index contributed by atoms with van der Waals surface area (Å²) in [6.45, 7) is 3.20. The number of carbonyl (C=O) groups is 1. The van der Waals surface area contributed by atoms with Crippen molar-refractivity contribution in [2.24, 2.45) is 5.41 Å². The molecule has 0 amide bonds. The highest BCUT2D eigenvalue weighted by atomic mass is 19.4. The molecule has 21 heavy (non-hydrogen) atoms. The number of hydrogen-bond acceptors (Lipinski definition) is 3. The lowest BCUT2D eigenvalue weighted by Gasteiger charge is -2.35. The molecule has 3 nitrogen and oxygen atoms in total. The number of para-hydroxylation sites is 1. The van der Waals surface area contributed by atoms with Crippen molar-refractivity contribution in [3.05, 3.63) is 29.8 Å². The molecule has 1 aromatic rings. The molecule has 2 rings (SSSR count). The number of nitrogens with one attached hydrogen (secondary N) is 1. The molecule has 1 saturated heterocycles. The van der Waals surface area contributed by atoms with Crippen molar-refractivity contribution >= 4 is 5.78 Å². The molecular weight excluding hydrogens is 283 g/mol. The number of Topliss-reactive ketones (excluding diaryl/α,β-unsaturated/α-hetero) is 1. The Balaban J connectivity index is 2.34. The predicted molar refractivity (Wildman–Crippen MR) is 72.3 cm³/mol. The van der Waals surface area contributed by atoms with Crippen LogP contribution in [0.15, 0.2) is 24.3 Å². The lowest BCUT2D eigenvalue weighted by Crippen LogP contribution is -2.45. The lowest BCUT2D eigenvalue weighted by molar-refractivity contribution is -0.274. The van der Waals surface area contributed by atoms with E-state index in [1.165, 1.54) is 18.2 Å². The molecule has 1 fully saturated rings. The molecule has 0 spiro atoms. The van der Waals surface area contributed by atoms with Gasteiger partial charge in [0.2, 0.25) is 0 Å². The topological polar surface area (TPSA) is 38.3 Å². The average molecular weight is 301 g/mol. The molecule has 116 valence electrons. The van der Waals surface area contributed by atoms with Crippen LogP contribution < -0.4 is 10.1 Å². The van der Waals surface area contributed by atoms with Gasteiger partial charge in [0, 0.05) is 12.0 Å². The van der Waals surface area contributed by atoms with E-state index in [9.17, 15) is 18.0 Å². The van der Waals surface area contributed by atoms with E-state index in [0.717, 1.165) is 13.0 Å². The molecule has 1 atom stereocenters. The molecule has 1 aromatic carbocycles. The van der Waals surface area contributed by atoms with E-state index < -0.39 is 17.5 Å². The van der Waals surface area contributed by atoms with Gasteiger partial charge >= 0.3 is 6.36 Å². The van der Waals surface area contributed by atoms with Crippen LogP contribution in [0.4, 0.5) is 13.2 Å². The van der Waals surface area contributed by atoms with Gasteiger partial charge in [-0.15, -0.1) is 13.2 Å². The summed E-state index contributed by atoms with van der Waals surface area (Å²) in [7, 11) is 0. The average Bonchev–Trinajstić information content (AvgIpc) is 2.46. The smallest absolute Gasteiger partial charge is 0.405 e. The fraction of sp³-hybridized carbons (Fsp3) is 0.533. The van der Waals surface area contributed by atoms with Crippen molar-refractivity contribution in [3.63, 3.8) is 0 Å². The van der Waals surface area contributed by atoms with Crippen LogP contribution in [0.2, 0.25) is 0 Å². The first-order chi connectivity index (χ1) is 9.88. The third-order valence-corrected chi connectivity index (χ3v) is 3.99. The van der Waals surface area contributed by atoms with Gasteiger partial charge in [-0.3, -0.25) is 4.79 Å². The fourth-order valence-corrected chi connectivity index (χ4v) is 2.78. The monoisotopic (exact) mass is 301 g/mol. The van der Waals surface area contributed by atoms with Crippen LogP contribution in [0, 0.1) is 5.41 Å². The van der Waals surface area contributed by atoms with E-state index in [1.807, 2.05) is 6.92 Å². The van der Waals surface area contributed by atoms with E-state index in [1.54, 1.807) is 6.07 Å². The van der Waals surface area contributed by atoms with Gasteiger partial charge in [0.1, 0.15) is 5.75 Å². The zero-order valence-electron chi connectivity index (χ0n) is 11.8. The first kappa shape index (κ1) is 15.8. The summed E-state index contributed by atoms with van der Waals surface area (Å²) in [4.78, 5) is 12.8. The van der Waals surface area contributed by atoms with E-state index in [2.05, 4.69) is 10.1 Å². The molecule has 6 heteroatoms. The molecule has 0 saturated carbocycles. The summed E-state index contributed by atoms with van der Waals surface area (Å²) in [5.74, 6) is -0.703. The fourth-order valence-electron chi connectivity index (χ4n) is 2.78. The Labute approximate surface area is 121 Å². The summed E-state index contributed by atoms with van der Waals surface area (Å²) < 4.78 is 41.4. The number of rotatable bonds is 4. The Bertz CT molecular complexity index is 508. The number of benzene rings is 1. The van der Waals surface area contributed by atoms with Crippen LogP contribution in [0.25, 0.3) is 0 Å². The quantitative estimate of drug-likeness (QED) is 0.864. The summed E-state index contributed by atoms with van der Waals surface area (Å²) in [6.07, 6.45) is -2.71. The second kappa shape index (κ2) is 6.05. The van der Waals surface area contributed by atoms with Crippen LogP contribution in [0.1, 0.15) is 36.5 Å². The van der Waals surface area contributed by atoms with E-state index >= 15 is 0 Å². The Kier molecular flexibility index (Phi) is 4.56. The van der Waals surface area contributed by atoms with Crippen molar-refractivity contribution in [2.75, 3.05) is 13.1 Å². The minimum Gasteiger partial charge on any atom is -0.405 e. The van der Waals surface area contributed by atoms with Crippen LogP contribution in [-0.4, -0.2) is 25.2 Å². The first-order valence-electron chi connectivity index (χ1n) is 6.98. The largest absolute Gasteiger partial charge is 0.573 e. The zero-order valence-corrected chi connectivity index (χ0v) is 11.8. The summed E-state index contributed by atoms with van der Waals surface area (Å²) >= 11 is 0. The Morgan fingerprint density at radius 1 is 1.38 bits per heavy atom. The predicted octanol–water partition coefficient (Wildman–Crippen LogP) is 3.55. The first-order valence-corrected chi connectivity index (χ1v) is 6.98. The Morgan fingerprint density at radius 2 is 2.10 bits per heavy atom. The Morgan fingerprint density at radius 3 is 2.67 bits per heavy atom. The molecule has 0 aromatic heterocycles. The van der Waals surface area contributed by atoms with Crippen molar-refractivity contribution in [3.8, 4) is 5.75 Å². The SMILES string of the molecule is CCC1(C(=O)c2ccccc2OC(F)(F)F)CCCNC1. The van der Waals surface area contributed by atoms with E-state index in [0.29, 0.717) is 19.4 Å². The number of ketones is 1. The number of piperidine rings is 1. The van der Waals surface area contributed by atoms with E-state index in [-0.39, 0.29) is 11.3 Å². The Hall–Kier alpha value is -1.56. The van der Waals surface area contributed by atoms with Gasteiger partial charge in [0.25, 0.3) is 0 Å². The van der Waals surface area contributed by atoms with Gasteiger partial charge in [-0.1, -0.05) is 19.1 Å². The lowest BCUT2D eigenvalue weighted by atomic mass is 9.72. The number of alkyl halides is 3. The van der Waals surface area contributed by atoms with Crippen LogP contribution in [-0.2, 0) is 0 Å². The molecule has 0 radical (unpaired) electrons. The maximum Gasteiger partial charge on any atom is 0.573 e.